The quantitative estimate of drug-likeness (QED) is 0.508. The second-order valence-electron chi connectivity index (χ2n) is 3.37. The summed E-state index contributed by atoms with van der Waals surface area (Å²) in [5.74, 6) is 0. The first kappa shape index (κ1) is 11.7. The van der Waals surface area contributed by atoms with Crippen molar-refractivity contribution in [1.29, 1.82) is 5.41 Å². The maximum Gasteiger partial charge on any atom is 0.238 e. The van der Waals surface area contributed by atoms with E-state index in [-0.39, 0.29) is 10.6 Å². The van der Waals surface area contributed by atoms with Gasteiger partial charge in [-0.1, -0.05) is 0 Å². The molecule has 0 saturated heterocycles. The molecule has 0 saturated carbocycles. The van der Waals surface area contributed by atoms with Crippen LogP contribution in [0.25, 0.3) is 0 Å². The van der Waals surface area contributed by atoms with Gasteiger partial charge in [0.15, 0.2) is 0 Å². The predicted molar refractivity (Wildman–Crippen MR) is 59.5 cm³/mol. The molecular weight excluding hydrogens is 214 g/mol. The number of primary sulfonamides is 1. The molecule has 82 valence electrons. The van der Waals surface area contributed by atoms with Crippen LogP contribution >= 0.6 is 0 Å². The smallest absolute Gasteiger partial charge is 0.238 e. The molecular formula is C9H13N3O2S. The Bertz CT molecular complexity index is 520. The summed E-state index contributed by atoms with van der Waals surface area (Å²) in [6, 6.07) is 2.84. The van der Waals surface area contributed by atoms with Crippen LogP contribution in [-0.2, 0) is 10.0 Å². The van der Waals surface area contributed by atoms with Crippen molar-refractivity contribution in [2.24, 2.45) is 5.14 Å². The number of nitrogens with one attached hydrogen (secondary N) is 1. The topological polar surface area (TPSA) is 110 Å². The number of aryl methyl sites for hydroxylation is 1. The molecule has 0 aliphatic rings. The molecule has 0 unspecified atom stereocenters. The number of benzene rings is 1. The van der Waals surface area contributed by atoms with E-state index in [1.165, 1.54) is 19.1 Å². The normalized spacial score (nSPS) is 11.4. The molecule has 5 N–H and O–H groups in total. The monoisotopic (exact) mass is 227 g/mol. The van der Waals surface area contributed by atoms with Crippen LogP contribution in [0.1, 0.15) is 18.1 Å². The second-order valence-corrected chi connectivity index (χ2v) is 4.90. The number of hydrogen-bond acceptors (Lipinski definition) is 4. The van der Waals surface area contributed by atoms with Crippen LogP contribution < -0.4 is 10.9 Å². The van der Waals surface area contributed by atoms with Crippen molar-refractivity contribution in [2.45, 2.75) is 18.7 Å². The van der Waals surface area contributed by atoms with Crippen LogP contribution in [0.5, 0.6) is 0 Å². The van der Waals surface area contributed by atoms with Gasteiger partial charge in [0.2, 0.25) is 10.0 Å². The van der Waals surface area contributed by atoms with Crippen molar-refractivity contribution in [3.8, 4) is 0 Å². The summed E-state index contributed by atoms with van der Waals surface area (Å²) in [7, 11) is -3.76. The molecule has 15 heavy (non-hydrogen) atoms. The third-order valence-corrected chi connectivity index (χ3v) is 3.11. The highest BCUT2D eigenvalue weighted by atomic mass is 32.2. The zero-order chi connectivity index (χ0) is 11.8. The SMILES string of the molecule is CC(=N)c1cc(S(N)(=O)=O)c(C)cc1N. The highest BCUT2D eigenvalue weighted by molar-refractivity contribution is 7.89. The van der Waals surface area contributed by atoms with Gasteiger partial charge < -0.3 is 11.1 Å². The molecule has 5 nitrogen and oxygen atoms in total. The number of nitrogen functional groups attached to an aromatic ring is 1. The molecule has 1 rings (SSSR count). The van der Waals surface area contributed by atoms with Gasteiger partial charge in [-0.2, -0.15) is 0 Å². The standard InChI is InChI=1S/C9H13N3O2S/c1-5-3-8(11)7(6(2)10)4-9(5)15(12,13)14/h3-4,10H,11H2,1-2H3,(H2,12,13,14). The lowest BCUT2D eigenvalue weighted by Gasteiger charge is -2.09. The third-order valence-electron chi connectivity index (χ3n) is 2.06. The van der Waals surface area contributed by atoms with Crippen LogP contribution in [0.4, 0.5) is 5.69 Å². The first-order valence-electron chi connectivity index (χ1n) is 4.22. The molecule has 0 aromatic heterocycles. The molecule has 0 bridgehead atoms. The van der Waals surface area contributed by atoms with E-state index >= 15 is 0 Å². The lowest BCUT2D eigenvalue weighted by atomic mass is 10.1. The average molecular weight is 227 g/mol. The van der Waals surface area contributed by atoms with Crippen molar-refractivity contribution >= 4 is 21.4 Å². The van der Waals surface area contributed by atoms with Gasteiger partial charge in [-0.25, -0.2) is 13.6 Å². The van der Waals surface area contributed by atoms with Crippen molar-refractivity contribution in [3.05, 3.63) is 23.3 Å². The minimum Gasteiger partial charge on any atom is -0.398 e. The first-order valence-corrected chi connectivity index (χ1v) is 5.76. The number of anilines is 1. The van der Waals surface area contributed by atoms with E-state index in [0.29, 0.717) is 16.8 Å². The fourth-order valence-corrected chi connectivity index (χ4v) is 2.13. The minimum absolute atomic E-state index is 0.0123. The van der Waals surface area contributed by atoms with Crippen LogP contribution in [0.2, 0.25) is 0 Å². The maximum atomic E-state index is 11.2. The zero-order valence-electron chi connectivity index (χ0n) is 8.53. The van der Waals surface area contributed by atoms with Gasteiger partial charge in [0.05, 0.1) is 4.90 Å². The summed E-state index contributed by atoms with van der Waals surface area (Å²) in [6.07, 6.45) is 0. The number of nitrogens with two attached hydrogens (primary N) is 2. The van der Waals surface area contributed by atoms with Gasteiger partial charge in [-0.3, -0.25) is 0 Å². The van der Waals surface area contributed by atoms with Crippen LogP contribution in [0.15, 0.2) is 17.0 Å². The predicted octanol–water partition coefficient (Wildman–Crippen LogP) is 0.612. The Labute approximate surface area is 88.7 Å². The molecule has 0 amide bonds. The molecule has 6 heteroatoms. The third kappa shape index (κ3) is 2.34. The van der Waals surface area contributed by atoms with Crippen molar-refractivity contribution in [1.82, 2.24) is 0 Å². The zero-order valence-corrected chi connectivity index (χ0v) is 9.35. The van der Waals surface area contributed by atoms with Crippen molar-refractivity contribution < 1.29 is 8.42 Å². The Balaban J connectivity index is 3.58. The number of rotatable bonds is 2. The van der Waals surface area contributed by atoms with Gasteiger partial charge >= 0.3 is 0 Å². The summed E-state index contributed by atoms with van der Waals surface area (Å²) >= 11 is 0. The fraction of sp³-hybridized carbons (Fsp3) is 0.222. The molecule has 0 atom stereocenters. The van der Waals surface area contributed by atoms with E-state index in [9.17, 15) is 8.42 Å². The van der Waals surface area contributed by atoms with Crippen LogP contribution in [0, 0.1) is 12.3 Å². The molecule has 0 aliphatic carbocycles. The van der Waals surface area contributed by atoms with Crippen LogP contribution in [0.3, 0.4) is 0 Å². The summed E-state index contributed by atoms with van der Waals surface area (Å²) in [5.41, 5.74) is 7.13. The highest BCUT2D eigenvalue weighted by Crippen LogP contribution is 2.21. The number of hydrogen-bond donors (Lipinski definition) is 3. The molecule has 0 spiro atoms. The van der Waals surface area contributed by atoms with Crippen LogP contribution in [-0.4, -0.2) is 14.1 Å². The molecule has 1 aromatic rings. The highest BCUT2D eigenvalue weighted by Gasteiger charge is 2.14. The Kier molecular flexibility index (Phi) is 2.83. The first-order chi connectivity index (χ1) is 6.73. The van der Waals surface area contributed by atoms with E-state index in [1.54, 1.807) is 6.92 Å². The van der Waals surface area contributed by atoms with E-state index in [0.717, 1.165) is 0 Å². The Hall–Kier alpha value is -1.40. The Morgan fingerprint density at radius 2 is 1.93 bits per heavy atom. The molecule has 0 radical (unpaired) electrons. The Morgan fingerprint density at radius 3 is 2.33 bits per heavy atom. The van der Waals surface area contributed by atoms with E-state index < -0.39 is 10.0 Å². The summed E-state index contributed by atoms with van der Waals surface area (Å²) < 4.78 is 22.4. The van der Waals surface area contributed by atoms with E-state index in [4.69, 9.17) is 16.3 Å². The summed E-state index contributed by atoms with van der Waals surface area (Å²) in [6.45, 7) is 3.15. The van der Waals surface area contributed by atoms with Crippen molar-refractivity contribution in [3.63, 3.8) is 0 Å². The van der Waals surface area contributed by atoms with Gasteiger partial charge in [0.25, 0.3) is 0 Å². The summed E-state index contributed by atoms with van der Waals surface area (Å²) in [4.78, 5) is 0.0123. The lowest BCUT2D eigenvalue weighted by Crippen LogP contribution is -2.15. The van der Waals surface area contributed by atoms with E-state index in [2.05, 4.69) is 0 Å². The van der Waals surface area contributed by atoms with Gasteiger partial charge in [-0.05, 0) is 31.5 Å². The van der Waals surface area contributed by atoms with Gasteiger partial charge in [0, 0.05) is 17.0 Å². The van der Waals surface area contributed by atoms with Gasteiger partial charge in [-0.15, -0.1) is 0 Å². The Morgan fingerprint density at radius 1 is 1.40 bits per heavy atom. The summed E-state index contributed by atoms with van der Waals surface area (Å²) in [5, 5.41) is 12.5. The van der Waals surface area contributed by atoms with Crippen molar-refractivity contribution in [2.75, 3.05) is 5.73 Å². The second kappa shape index (κ2) is 3.63. The minimum atomic E-state index is -3.76. The molecule has 1 aromatic carbocycles. The lowest BCUT2D eigenvalue weighted by molar-refractivity contribution is 0.597. The average Bonchev–Trinajstić information content (AvgIpc) is 2.00. The fourth-order valence-electron chi connectivity index (χ4n) is 1.34. The largest absolute Gasteiger partial charge is 0.398 e. The molecule has 0 fully saturated rings. The van der Waals surface area contributed by atoms with Gasteiger partial charge in [0.1, 0.15) is 0 Å². The molecule has 0 aliphatic heterocycles. The molecule has 0 heterocycles. The maximum absolute atomic E-state index is 11.2. The van der Waals surface area contributed by atoms with E-state index in [1.807, 2.05) is 0 Å². The number of sulfonamides is 1.